The molecule has 4 rings (SSSR count). The van der Waals surface area contributed by atoms with Crippen LogP contribution < -0.4 is 0 Å². The van der Waals surface area contributed by atoms with Crippen molar-refractivity contribution in [3.05, 3.63) is 24.2 Å². The Labute approximate surface area is 128 Å². The van der Waals surface area contributed by atoms with Crippen LogP contribution in [0.4, 0.5) is 0 Å². The molecule has 0 saturated heterocycles. The molecule has 6 nitrogen and oxygen atoms in total. The molecule has 0 radical (unpaired) electrons. The summed E-state index contributed by atoms with van der Waals surface area (Å²) in [5.41, 5.74) is 1.21. The van der Waals surface area contributed by atoms with Gasteiger partial charge in [0.05, 0.1) is 6.20 Å². The quantitative estimate of drug-likeness (QED) is 0.845. The van der Waals surface area contributed by atoms with E-state index < -0.39 is 0 Å². The molecule has 0 N–H and O–H groups in total. The van der Waals surface area contributed by atoms with Crippen molar-refractivity contribution in [3.8, 4) is 6.07 Å². The predicted octanol–water partition coefficient (Wildman–Crippen LogP) is 1.80. The molecule has 0 aliphatic heterocycles. The SMILES string of the molecule is CC(C1CC1)N(C(=O)Cn1ccn2ncc(C#N)c12)C1CC1. The van der Waals surface area contributed by atoms with E-state index in [1.165, 1.54) is 12.8 Å². The number of rotatable bonds is 5. The molecular weight excluding hydrogens is 278 g/mol. The predicted molar refractivity (Wildman–Crippen MR) is 80.0 cm³/mol. The molecule has 0 bridgehead atoms. The van der Waals surface area contributed by atoms with Gasteiger partial charge in [0, 0.05) is 24.5 Å². The fourth-order valence-electron chi connectivity index (χ4n) is 3.32. The summed E-state index contributed by atoms with van der Waals surface area (Å²) >= 11 is 0. The van der Waals surface area contributed by atoms with Crippen LogP contribution in [-0.2, 0) is 11.3 Å². The molecule has 2 aromatic heterocycles. The van der Waals surface area contributed by atoms with Gasteiger partial charge in [-0.15, -0.1) is 0 Å². The molecular formula is C16H19N5O. The molecule has 1 amide bonds. The Bertz CT molecular complexity index is 759. The van der Waals surface area contributed by atoms with Crippen LogP contribution in [0.3, 0.4) is 0 Å². The Morgan fingerprint density at radius 2 is 2.23 bits per heavy atom. The Morgan fingerprint density at radius 1 is 1.45 bits per heavy atom. The van der Waals surface area contributed by atoms with Gasteiger partial charge in [-0.25, -0.2) is 4.52 Å². The number of hydrogen-bond acceptors (Lipinski definition) is 3. The van der Waals surface area contributed by atoms with E-state index >= 15 is 0 Å². The topological polar surface area (TPSA) is 66.3 Å². The van der Waals surface area contributed by atoms with Crippen LogP contribution in [0.1, 0.15) is 38.2 Å². The fraction of sp³-hybridized carbons (Fsp3) is 0.562. The molecule has 1 atom stereocenters. The monoisotopic (exact) mass is 297 g/mol. The van der Waals surface area contributed by atoms with E-state index in [0.717, 1.165) is 12.8 Å². The largest absolute Gasteiger partial charge is 0.335 e. The molecule has 2 aromatic rings. The van der Waals surface area contributed by atoms with Gasteiger partial charge < -0.3 is 9.47 Å². The minimum Gasteiger partial charge on any atom is -0.335 e. The molecule has 22 heavy (non-hydrogen) atoms. The summed E-state index contributed by atoms with van der Waals surface area (Å²) in [6, 6.07) is 2.90. The fourth-order valence-corrected chi connectivity index (χ4v) is 3.32. The van der Waals surface area contributed by atoms with Crippen molar-refractivity contribution >= 4 is 11.6 Å². The Balaban J connectivity index is 1.59. The first-order valence-electron chi connectivity index (χ1n) is 7.93. The van der Waals surface area contributed by atoms with Gasteiger partial charge in [-0.2, -0.15) is 10.4 Å². The number of imidazole rings is 1. The Morgan fingerprint density at radius 3 is 2.86 bits per heavy atom. The summed E-state index contributed by atoms with van der Waals surface area (Å²) < 4.78 is 3.49. The smallest absolute Gasteiger partial charge is 0.243 e. The highest BCUT2D eigenvalue weighted by Crippen LogP contribution is 2.39. The highest BCUT2D eigenvalue weighted by molar-refractivity contribution is 5.78. The number of fused-ring (bicyclic) bond motifs is 1. The molecule has 114 valence electrons. The summed E-state index contributed by atoms with van der Waals surface area (Å²) in [4.78, 5) is 14.9. The minimum atomic E-state index is 0.157. The van der Waals surface area contributed by atoms with Crippen LogP contribution in [0, 0.1) is 17.2 Å². The standard InChI is InChI=1S/C16H19N5O/c1-11(12-2-3-12)21(14-4-5-14)15(22)10-19-6-7-20-16(19)13(8-17)9-18-20/h6-7,9,11-12,14H,2-5,10H2,1H3. The number of nitriles is 1. The third-order valence-corrected chi connectivity index (χ3v) is 4.83. The second-order valence-electron chi connectivity index (χ2n) is 6.47. The van der Waals surface area contributed by atoms with Crippen LogP contribution in [0.2, 0.25) is 0 Å². The maximum absolute atomic E-state index is 12.8. The van der Waals surface area contributed by atoms with Gasteiger partial charge in [0.2, 0.25) is 5.91 Å². The maximum Gasteiger partial charge on any atom is 0.243 e. The average Bonchev–Trinajstić information content (AvgIpc) is 3.41. The zero-order valence-electron chi connectivity index (χ0n) is 12.6. The van der Waals surface area contributed by atoms with Gasteiger partial charge >= 0.3 is 0 Å². The molecule has 2 heterocycles. The van der Waals surface area contributed by atoms with Crippen LogP contribution >= 0.6 is 0 Å². The second-order valence-corrected chi connectivity index (χ2v) is 6.47. The van der Waals surface area contributed by atoms with E-state index in [-0.39, 0.29) is 12.5 Å². The first-order valence-corrected chi connectivity index (χ1v) is 7.93. The lowest BCUT2D eigenvalue weighted by Crippen LogP contribution is -2.43. The lowest BCUT2D eigenvalue weighted by molar-refractivity contribution is -0.134. The van der Waals surface area contributed by atoms with Crippen LogP contribution in [0.5, 0.6) is 0 Å². The molecule has 2 aliphatic carbocycles. The highest BCUT2D eigenvalue weighted by atomic mass is 16.2. The van der Waals surface area contributed by atoms with Crippen molar-refractivity contribution in [3.63, 3.8) is 0 Å². The normalized spacial score (nSPS) is 19.1. The van der Waals surface area contributed by atoms with E-state index in [4.69, 9.17) is 5.26 Å². The average molecular weight is 297 g/mol. The van der Waals surface area contributed by atoms with Crippen LogP contribution in [-0.4, -0.2) is 37.1 Å². The van der Waals surface area contributed by atoms with E-state index in [2.05, 4.69) is 23.0 Å². The molecule has 6 heteroatoms. The van der Waals surface area contributed by atoms with Crippen LogP contribution in [0.25, 0.3) is 5.65 Å². The highest BCUT2D eigenvalue weighted by Gasteiger charge is 2.41. The van der Waals surface area contributed by atoms with Crippen molar-refractivity contribution in [1.29, 1.82) is 5.26 Å². The number of amides is 1. The van der Waals surface area contributed by atoms with Gasteiger partial charge in [-0.3, -0.25) is 4.79 Å². The number of carbonyl (C=O) groups is 1. The third kappa shape index (κ3) is 2.17. The summed E-state index contributed by atoms with van der Waals surface area (Å²) in [6.45, 7) is 2.46. The van der Waals surface area contributed by atoms with Gasteiger partial charge in [0.1, 0.15) is 18.2 Å². The van der Waals surface area contributed by atoms with E-state index in [0.29, 0.717) is 29.2 Å². The maximum atomic E-state index is 12.8. The lowest BCUT2D eigenvalue weighted by Gasteiger charge is -2.29. The molecule has 2 aliphatic rings. The number of carbonyl (C=O) groups excluding carboxylic acids is 1. The van der Waals surface area contributed by atoms with Crippen molar-refractivity contribution in [2.75, 3.05) is 0 Å². The third-order valence-electron chi connectivity index (χ3n) is 4.83. The summed E-state index contributed by atoms with van der Waals surface area (Å²) in [6.07, 6.45) is 9.89. The summed E-state index contributed by atoms with van der Waals surface area (Å²) in [7, 11) is 0. The van der Waals surface area contributed by atoms with E-state index in [1.54, 1.807) is 16.9 Å². The van der Waals surface area contributed by atoms with Crippen LogP contribution in [0.15, 0.2) is 18.6 Å². The minimum absolute atomic E-state index is 0.157. The van der Waals surface area contributed by atoms with Gasteiger partial charge in [-0.1, -0.05) is 0 Å². The molecule has 0 aromatic carbocycles. The summed E-state index contributed by atoms with van der Waals surface area (Å²) in [5, 5.41) is 13.3. The first kappa shape index (κ1) is 13.4. The zero-order valence-corrected chi connectivity index (χ0v) is 12.6. The van der Waals surface area contributed by atoms with Crippen molar-refractivity contribution in [2.45, 2.75) is 51.2 Å². The molecule has 2 saturated carbocycles. The van der Waals surface area contributed by atoms with Gasteiger partial charge in [0.15, 0.2) is 5.65 Å². The Kier molecular flexibility index (Phi) is 2.96. The Hall–Kier alpha value is -2.29. The molecule has 0 spiro atoms. The van der Waals surface area contributed by atoms with E-state index in [1.807, 2.05) is 10.8 Å². The summed E-state index contributed by atoms with van der Waals surface area (Å²) in [5.74, 6) is 0.837. The molecule has 2 fully saturated rings. The molecule has 1 unspecified atom stereocenters. The van der Waals surface area contributed by atoms with Gasteiger partial charge in [0.25, 0.3) is 0 Å². The van der Waals surface area contributed by atoms with Gasteiger partial charge in [-0.05, 0) is 38.5 Å². The number of nitrogens with zero attached hydrogens (tertiary/aromatic N) is 5. The first-order chi connectivity index (χ1) is 10.7. The number of aromatic nitrogens is 3. The van der Waals surface area contributed by atoms with Crippen molar-refractivity contribution in [1.82, 2.24) is 19.1 Å². The van der Waals surface area contributed by atoms with E-state index in [9.17, 15) is 4.79 Å². The zero-order chi connectivity index (χ0) is 15.3. The number of hydrogen-bond donors (Lipinski definition) is 0. The second kappa shape index (κ2) is 4.87. The van der Waals surface area contributed by atoms with Crippen molar-refractivity contribution in [2.24, 2.45) is 5.92 Å². The lowest BCUT2D eigenvalue weighted by atomic mass is 10.1. The van der Waals surface area contributed by atoms with Crippen molar-refractivity contribution < 1.29 is 4.79 Å².